The summed E-state index contributed by atoms with van der Waals surface area (Å²) in [5.74, 6) is -0.539. The zero-order valence-electron chi connectivity index (χ0n) is 10.7. The van der Waals surface area contributed by atoms with E-state index < -0.39 is 11.4 Å². The maximum absolute atomic E-state index is 14.3. The van der Waals surface area contributed by atoms with Crippen LogP contribution in [0.3, 0.4) is 0 Å². The second-order valence-electron chi connectivity index (χ2n) is 5.20. The van der Waals surface area contributed by atoms with Crippen LogP contribution in [0.4, 0.5) is 4.39 Å². The van der Waals surface area contributed by atoms with Gasteiger partial charge in [-0.3, -0.25) is 0 Å². The van der Waals surface area contributed by atoms with Crippen molar-refractivity contribution in [3.63, 3.8) is 0 Å². The molecule has 0 radical (unpaired) electrons. The zero-order chi connectivity index (χ0) is 14.3. The van der Waals surface area contributed by atoms with E-state index in [1.807, 2.05) is 18.2 Å². The van der Waals surface area contributed by atoms with Crippen LogP contribution in [0.5, 0.6) is 0 Å². The summed E-state index contributed by atoms with van der Waals surface area (Å²) in [6.07, 6.45) is 1.65. The lowest BCUT2D eigenvalue weighted by Gasteiger charge is -2.34. The Labute approximate surface area is 130 Å². The summed E-state index contributed by atoms with van der Waals surface area (Å²) in [6, 6.07) is 11.3. The molecule has 3 rings (SSSR count). The Hall–Kier alpha value is -0.900. The normalized spacial score (nSPS) is 21.6. The summed E-state index contributed by atoms with van der Waals surface area (Å²) in [7, 11) is 0. The van der Waals surface area contributed by atoms with E-state index in [-0.39, 0.29) is 10.6 Å². The van der Waals surface area contributed by atoms with Crippen LogP contribution in [0.1, 0.15) is 23.1 Å². The van der Waals surface area contributed by atoms with Gasteiger partial charge in [0.05, 0.1) is 10.6 Å². The molecule has 104 valence electrons. The zero-order valence-corrected chi connectivity index (χ0v) is 13.0. The molecule has 1 aliphatic rings. The van der Waals surface area contributed by atoms with Gasteiger partial charge in [-0.25, -0.2) is 4.39 Å². The molecule has 0 bridgehead atoms. The molecule has 1 N–H and O–H groups in total. The van der Waals surface area contributed by atoms with Gasteiger partial charge in [0.25, 0.3) is 0 Å². The van der Waals surface area contributed by atoms with E-state index in [1.165, 1.54) is 5.56 Å². The molecule has 4 heteroatoms. The van der Waals surface area contributed by atoms with Crippen LogP contribution in [0.2, 0.25) is 5.02 Å². The van der Waals surface area contributed by atoms with E-state index in [2.05, 4.69) is 22.0 Å². The van der Waals surface area contributed by atoms with Crippen LogP contribution in [-0.2, 0) is 18.4 Å². The van der Waals surface area contributed by atoms with E-state index in [0.717, 1.165) is 12.0 Å². The van der Waals surface area contributed by atoms with E-state index in [0.29, 0.717) is 17.3 Å². The molecule has 1 aliphatic carbocycles. The average molecular weight is 356 g/mol. The molecular weight excluding hydrogens is 343 g/mol. The van der Waals surface area contributed by atoms with Crippen molar-refractivity contribution in [3.8, 4) is 0 Å². The Morgan fingerprint density at radius 3 is 2.60 bits per heavy atom. The summed E-state index contributed by atoms with van der Waals surface area (Å²) in [5.41, 5.74) is 1.38. The van der Waals surface area contributed by atoms with Crippen molar-refractivity contribution in [2.45, 2.75) is 24.9 Å². The summed E-state index contributed by atoms with van der Waals surface area (Å²) in [4.78, 5) is 0. The number of aliphatic hydroxyl groups is 1. The molecule has 0 saturated heterocycles. The standard InChI is InChI=1S/C16H13BrClFO/c17-13-6-5-12(15(19)14(13)18)16(20)8-7-10-3-1-2-4-11(10)9-16/h1-6,20H,7-9H2. The monoisotopic (exact) mass is 354 g/mol. The number of aryl methyl sites for hydroxylation is 1. The fourth-order valence-electron chi connectivity index (χ4n) is 2.83. The van der Waals surface area contributed by atoms with Crippen molar-refractivity contribution in [2.24, 2.45) is 0 Å². The molecular formula is C16H13BrClFO. The van der Waals surface area contributed by atoms with E-state index >= 15 is 0 Å². The molecule has 0 saturated carbocycles. The van der Waals surface area contributed by atoms with Crippen LogP contribution >= 0.6 is 27.5 Å². The Morgan fingerprint density at radius 1 is 1.15 bits per heavy atom. The third-order valence-corrected chi connectivity index (χ3v) is 5.20. The van der Waals surface area contributed by atoms with E-state index in [4.69, 9.17) is 11.6 Å². The van der Waals surface area contributed by atoms with Crippen LogP contribution < -0.4 is 0 Å². The lowest BCUT2D eigenvalue weighted by Crippen LogP contribution is -2.34. The number of fused-ring (bicyclic) bond motifs is 1. The molecule has 0 heterocycles. The fourth-order valence-corrected chi connectivity index (χ4v) is 3.30. The third-order valence-electron chi connectivity index (χ3n) is 3.95. The van der Waals surface area contributed by atoms with Crippen molar-refractivity contribution in [1.29, 1.82) is 0 Å². The first kappa shape index (κ1) is 14.1. The van der Waals surface area contributed by atoms with Crippen LogP contribution in [0.25, 0.3) is 0 Å². The molecule has 0 amide bonds. The molecule has 0 aliphatic heterocycles. The second kappa shape index (κ2) is 5.14. The minimum absolute atomic E-state index is 0.0229. The van der Waals surface area contributed by atoms with Crippen LogP contribution in [0, 0.1) is 5.82 Å². The van der Waals surface area contributed by atoms with Gasteiger partial charge in [0.15, 0.2) is 0 Å². The summed E-state index contributed by atoms with van der Waals surface area (Å²) in [5, 5.41) is 10.9. The van der Waals surface area contributed by atoms with Gasteiger partial charge in [-0.2, -0.15) is 0 Å². The molecule has 2 aromatic carbocycles. The maximum atomic E-state index is 14.3. The van der Waals surface area contributed by atoms with Crippen LogP contribution in [0.15, 0.2) is 40.9 Å². The predicted molar refractivity (Wildman–Crippen MR) is 81.5 cm³/mol. The van der Waals surface area contributed by atoms with Gasteiger partial charge in [-0.1, -0.05) is 41.9 Å². The first-order chi connectivity index (χ1) is 9.51. The number of hydrogen-bond acceptors (Lipinski definition) is 1. The van der Waals surface area contributed by atoms with E-state index in [9.17, 15) is 9.50 Å². The average Bonchev–Trinajstić information content (AvgIpc) is 2.44. The van der Waals surface area contributed by atoms with Gasteiger partial charge in [0.1, 0.15) is 5.82 Å². The van der Waals surface area contributed by atoms with Crippen molar-refractivity contribution in [3.05, 3.63) is 68.4 Å². The second-order valence-corrected chi connectivity index (χ2v) is 6.43. The van der Waals surface area contributed by atoms with Gasteiger partial charge < -0.3 is 5.11 Å². The molecule has 2 aromatic rings. The first-order valence-corrected chi connectivity index (χ1v) is 7.61. The number of hydrogen-bond donors (Lipinski definition) is 1. The maximum Gasteiger partial charge on any atom is 0.149 e. The minimum atomic E-state index is -1.19. The highest BCUT2D eigenvalue weighted by Crippen LogP contribution is 2.40. The minimum Gasteiger partial charge on any atom is -0.385 e. The summed E-state index contributed by atoms with van der Waals surface area (Å²) >= 11 is 9.13. The Balaban J connectivity index is 2.05. The Kier molecular flexibility index (Phi) is 3.61. The summed E-state index contributed by atoms with van der Waals surface area (Å²) < 4.78 is 14.8. The quantitative estimate of drug-likeness (QED) is 0.740. The highest BCUT2D eigenvalue weighted by atomic mass is 79.9. The van der Waals surface area contributed by atoms with Gasteiger partial charge >= 0.3 is 0 Å². The number of rotatable bonds is 1. The first-order valence-electron chi connectivity index (χ1n) is 6.44. The largest absolute Gasteiger partial charge is 0.385 e. The van der Waals surface area contributed by atoms with Gasteiger partial charge in [-0.05, 0) is 46.0 Å². The topological polar surface area (TPSA) is 20.2 Å². The van der Waals surface area contributed by atoms with Crippen molar-refractivity contribution < 1.29 is 9.50 Å². The Morgan fingerprint density at radius 2 is 1.85 bits per heavy atom. The molecule has 1 unspecified atom stereocenters. The lowest BCUT2D eigenvalue weighted by molar-refractivity contribution is 0.0188. The van der Waals surface area contributed by atoms with Crippen molar-refractivity contribution in [2.75, 3.05) is 0 Å². The van der Waals surface area contributed by atoms with Crippen molar-refractivity contribution >= 4 is 27.5 Å². The molecule has 1 nitrogen and oxygen atoms in total. The van der Waals surface area contributed by atoms with Crippen molar-refractivity contribution in [1.82, 2.24) is 0 Å². The van der Waals surface area contributed by atoms with Crippen LogP contribution in [-0.4, -0.2) is 5.11 Å². The highest BCUT2D eigenvalue weighted by molar-refractivity contribution is 9.10. The van der Waals surface area contributed by atoms with E-state index in [1.54, 1.807) is 12.1 Å². The third kappa shape index (κ3) is 2.28. The lowest BCUT2D eigenvalue weighted by atomic mass is 9.76. The Bertz CT molecular complexity index is 674. The highest BCUT2D eigenvalue weighted by Gasteiger charge is 2.36. The molecule has 1 atom stereocenters. The SMILES string of the molecule is OC1(c2ccc(Br)c(Cl)c2F)CCc2ccccc2C1. The number of benzene rings is 2. The molecule has 20 heavy (non-hydrogen) atoms. The molecule has 0 spiro atoms. The molecule has 0 fully saturated rings. The summed E-state index contributed by atoms with van der Waals surface area (Å²) in [6.45, 7) is 0. The van der Waals surface area contributed by atoms with Gasteiger partial charge in [0, 0.05) is 16.5 Å². The predicted octanol–water partition coefficient (Wildman–Crippen LogP) is 4.62. The molecule has 0 aromatic heterocycles. The fraction of sp³-hybridized carbons (Fsp3) is 0.250. The van der Waals surface area contributed by atoms with Gasteiger partial charge in [-0.15, -0.1) is 0 Å². The van der Waals surface area contributed by atoms with Gasteiger partial charge in [0.2, 0.25) is 0 Å². The smallest absolute Gasteiger partial charge is 0.149 e. The number of halogens is 3.